The average molecular weight is 313 g/mol. The fourth-order valence-corrected chi connectivity index (χ4v) is 2.97. The predicted molar refractivity (Wildman–Crippen MR) is 85.0 cm³/mol. The molecule has 0 unspecified atom stereocenters. The molecule has 1 saturated heterocycles. The van der Waals surface area contributed by atoms with Crippen molar-refractivity contribution in [3.8, 4) is 0 Å². The first kappa shape index (κ1) is 16.0. The molecule has 0 atom stereocenters. The van der Waals surface area contributed by atoms with E-state index in [2.05, 4.69) is 20.5 Å². The van der Waals surface area contributed by atoms with Crippen LogP contribution in [0.5, 0.6) is 0 Å². The molecule has 0 bridgehead atoms. The monoisotopic (exact) mass is 313 g/mol. The van der Waals surface area contributed by atoms with Crippen molar-refractivity contribution in [2.45, 2.75) is 20.0 Å². The summed E-state index contributed by atoms with van der Waals surface area (Å²) in [6.07, 6.45) is 0.162. The zero-order valence-corrected chi connectivity index (χ0v) is 13.3. The Morgan fingerprint density at radius 1 is 1.52 bits per heavy atom. The third-order valence-corrected chi connectivity index (χ3v) is 4.21. The fourth-order valence-electron chi connectivity index (χ4n) is 2.01. The van der Waals surface area contributed by atoms with Crippen molar-refractivity contribution in [3.05, 3.63) is 4.88 Å². The third-order valence-electron chi connectivity index (χ3n) is 3.07. The average Bonchev–Trinajstić information content (AvgIpc) is 2.86. The topological polar surface area (TPSA) is 92.5 Å². The number of amides is 1. The number of aromatic nitrogens is 1. The summed E-state index contributed by atoms with van der Waals surface area (Å²) in [6.45, 7) is 8.50. The van der Waals surface area contributed by atoms with Crippen molar-refractivity contribution in [2.75, 3.05) is 50.0 Å². The van der Waals surface area contributed by atoms with Crippen molar-refractivity contribution >= 4 is 28.2 Å². The Kier molecular flexibility index (Phi) is 5.77. The summed E-state index contributed by atoms with van der Waals surface area (Å²) in [5, 5.41) is 6.91. The first-order valence-corrected chi connectivity index (χ1v) is 8.01. The molecule has 0 radical (unpaired) electrons. The van der Waals surface area contributed by atoms with Crippen molar-refractivity contribution in [3.63, 3.8) is 0 Å². The Labute approximate surface area is 128 Å². The fraction of sp³-hybridized carbons (Fsp3) is 0.692. The van der Waals surface area contributed by atoms with Gasteiger partial charge >= 0.3 is 0 Å². The zero-order valence-electron chi connectivity index (χ0n) is 12.5. The minimum absolute atomic E-state index is 0.162. The molecule has 1 aliphatic rings. The van der Waals surface area contributed by atoms with Crippen LogP contribution in [-0.2, 0) is 4.74 Å². The third kappa shape index (κ3) is 4.55. The molecule has 21 heavy (non-hydrogen) atoms. The molecule has 0 aliphatic carbocycles. The van der Waals surface area contributed by atoms with Crippen LogP contribution in [0.1, 0.15) is 23.5 Å². The summed E-state index contributed by atoms with van der Waals surface area (Å²) in [7, 11) is 0. The van der Waals surface area contributed by atoms with Gasteiger partial charge in [-0.3, -0.25) is 4.79 Å². The number of nitrogens with zero attached hydrogens (tertiary/aromatic N) is 2. The van der Waals surface area contributed by atoms with Crippen LogP contribution < -0.4 is 21.3 Å². The minimum atomic E-state index is -0.182. The molecule has 4 N–H and O–H groups in total. The van der Waals surface area contributed by atoms with Gasteiger partial charge in [-0.1, -0.05) is 11.3 Å². The quantitative estimate of drug-likeness (QED) is 0.654. The number of carbonyl (C=O) groups is 1. The van der Waals surface area contributed by atoms with E-state index in [0.717, 1.165) is 31.3 Å². The number of hydrogen-bond acceptors (Lipinski definition) is 7. The van der Waals surface area contributed by atoms with Crippen LogP contribution in [0, 0.1) is 0 Å². The first-order chi connectivity index (χ1) is 10.1. The van der Waals surface area contributed by atoms with Crippen LogP contribution in [0.4, 0.5) is 10.9 Å². The molecule has 1 amide bonds. The van der Waals surface area contributed by atoms with Gasteiger partial charge in [0.1, 0.15) is 10.7 Å². The van der Waals surface area contributed by atoms with Crippen LogP contribution in [0.3, 0.4) is 0 Å². The maximum atomic E-state index is 12.1. The molecule has 118 valence electrons. The summed E-state index contributed by atoms with van der Waals surface area (Å²) < 4.78 is 5.39. The lowest BCUT2D eigenvalue weighted by Gasteiger charge is -2.26. The summed E-state index contributed by atoms with van der Waals surface area (Å²) >= 11 is 1.35. The van der Waals surface area contributed by atoms with E-state index >= 15 is 0 Å². The number of anilines is 2. The number of nitrogens with two attached hydrogens (primary N) is 1. The van der Waals surface area contributed by atoms with E-state index < -0.39 is 0 Å². The lowest BCUT2D eigenvalue weighted by atomic mass is 10.4. The van der Waals surface area contributed by atoms with Crippen LogP contribution in [0.25, 0.3) is 0 Å². The molecular formula is C13H23N5O2S. The molecule has 0 spiro atoms. The maximum absolute atomic E-state index is 12.1. The van der Waals surface area contributed by atoms with Crippen LogP contribution in [0.2, 0.25) is 0 Å². The minimum Gasteiger partial charge on any atom is -0.382 e. The number of thiazole rings is 1. The first-order valence-electron chi connectivity index (χ1n) is 7.19. The molecule has 1 aromatic heterocycles. The van der Waals surface area contributed by atoms with Gasteiger partial charge in [-0.2, -0.15) is 0 Å². The molecule has 0 aromatic carbocycles. The Hall–Kier alpha value is -1.38. The smallest absolute Gasteiger partial charge is 0.265 e. The number of hydrogen-bond donors (Lipinski definition) is 3. The largest absolute Gasteiger partial charge is 0.382 e. The number of nitrogen functional groups attached to an aromatic ring is 1. The Bertz CT molecular complexity index is 471. The van der Waals surface area contributed by atoms with E-state index in [1.807, 2.05) is 13.8 Å². The molecule has 2 rings (SSSR count). The maximum Gasteiger partial charge on any atom is 0.265 e. The van der Waals surface area contributed by atoms with Crippen LogP contribution in [0.15, 0.2) is 0 Å². The molecule has 1 aromatic rings. The molecule has 8 heteroatoms. The van der Waals surface area contributed by atoms with Gasteiger partial charge in [-0.05, 0) is 13.8 Å². The van der Waals surface area contributed by atoms with E-state index in [1.165, 1.54) is 11.3 Å². The highest BCUT2D eigenvalue weighted by Crippen LogP contribution is 2.28. The van der Waals surface area contributed by atoms with Crippen molar-refractivity contribution in [1.29, 1.82) is 0 Å². The van der Waals surface area contributed by atoms with Crippen LogP contribution >= 0.6 is 11.3 Å². The number of piperazine rings is 1. The van der Waals surface area contributed by atoms with Gasteiger partial charge in [-0.25, -0.2) is 4.98 Å². The van der Waals surface area contributed by atoms with Crippen molar-refractivity contribution < 1.29 is 9.53 Å². The SMILES string of the molecule is CC(C)OCCNC(=O)c1sc(N2CCNCC2)nc1N. The van der Waals surface area contributed by atoms with Crippen LogP contribution in [-0.4, -0.2) is 56.3 Å². The van der Waals surface area contributed by atoms with Crippen molar-refractivity contribution in [2.24, 2.45) is 0 Å². The van der Waals surface area contributed by atoms with Gasteiger partial charge in [-0.15, -0.1) is 0 Å². The second kappa shape index (κ2) is 7.58. The molecule has 1 aliphatic heterocycles. The second-order valence-corrected chi connectivity index (χ2v) is 6.10. The highest BCUT2D eigenvalue weighted by Gasteiger charge is 2.20. The Balaban J connectivity index is 1.90. The molecule has 1 fully saturated rings. The summed E-state index contributed by atoms with van der Waals surface area (Å²) in [5.74, 6) is 0.120. The highest BCUT2D eigenvalue weighted by molar-refractivity contribution is 7.18. The normalized spacial score (nSPS) is 15.5. The van der Waals surface area contributed by atoms with Gasteiger partial charge in [0.25, 0.3) is 5.91 Å². The van der Waals surface area contributed by atoms with Crippen molar-refractivity contribution in [1.82, 2.24) is 15.6 Å². The Morgan fingerprint density at radius 3 is 2.90 bits per heavy atom. The Morgan fingerprint density at radius 2 is 2.24 bits per heavy atom. The molecule has 0 saturated carbocycles. The van der Waals surface area contributed by atoms with E-state index in [1.54, 1.807) is 0 Å². The number of nitrogens with one attached hydrogen (secondary N) is 2. The van der Waals surface area contributed by atoms with E-state index in [9.17, 15) is 4.79 Å². The number of ether oxygens (including phenoxy) is 1. The van der Waals surface area contributed by atoms with Gasteiger partial charge < -0.3 is 26.0 Å². The van der Waals surface area contributed by atoms with Gasteiger partial charge in [0, 0.05) is 32.7 Å². The standard InChI is InChI=1S/C13H23N5O2S/c1-9(2)20-8-5-16-12(19)10-11(14)17-13(21-10)18-6-3-15-4-7-18/h9,15H,3-8,14H2,1-2H3,(H,16,19). The van der Waals surface area contributed by atoms with Gasteiger partial charge in [0.2, 0.25) is 0 Å². The van der Waals surface area contributed by atoms with Gasteiger partial charge in [0.05, 0.1) is 12.7 Å². The van der Waals surface area contributed by atoms with E-state index in [4.69, 9.17) is 10.5 Å². The lowest BCUT2D eigenvalue weighted by molar-refractivity contribution is 0.0748. The summed E-state index contributed by atoms with van der Waals surface area (Å²) in [4.78, 5) is 19.0. The zero-order chi connectivity index (χ0) is 15.2. The molecule has 7 nitrogen and oxygen atoms in total. The molecular weight excluding hydrogens is 290 g/mol. The van der Waals surface area contributed by atoms with Gasteiger partial charge in [0.15, 0.2) is 5.13 Å². The van der Waals surface area contributed by atoms with E-state index in [0.29, 0.717) is 23.8 Å². The molecule has 2 heterocycles. The summed E-state index contributed by atoms with van der Waals surface area (Å²) in [6, 6.07) is 0. The summed E-state index contributed by atoms with van der Waals surface area (Å²) in [5.41, 5.74) is 5.87. The lowest BCUT2D eigenvalue weighted by Crippen LogP contribution is -2.43. The highest BCUT2D eigenvalue weighted by atomic mass is 32.1. The number of rotatable bonds is 6. The second-order valence-electron chi connectivity index (χ2n) is 5.12. The van der Waals surface area contributed by atoms with E-state index in [-0.39, 0.29) is 12.0 Å². The number of carbonyl (C=O) groups excluding carboxylic acids is 1. The predicted octanol–water partition coefficient (Wildman–Crippen LogP) is 0.290.